The third kappa shape index (κ3) is 4.13. The molecule has 0 heterocycles. The Balaban J connectivity index is 1.86. The van der Waals surface area contributed by atoms with Crippen LogP contribution in [0.15, 0.2) is 24.3 Å². The molecule has 2 atom stereocenters. The SMILES string of the molecule is CC(NCC1CC1(C)C)c1ccc(OC(F)(F)F)cc1. The lowest BCUT2D eigenvalue weighted by atomic mass is 10.1. The van der Waals surface area contributed by atoms with Crippen LogP contribution in [0.4, 0.5) is 13.2 Å². The lowest BCUT2D eigenvalue weighted by Crippen LogP contribution is -2.22. The van der Waals surface area contributed by atoms with Crippen LogP contribution in [0.1, 0.15) is 38.8 Å². The average Bonchev–Trinajstić information content (AvgIpc) is 2.93. The Kier molecular flexibility index (Phi) is 4.00. The summed E-state index contributed by atoms with van der Waals surface area (Å²) in [7, 11) is 0. The smallest absolute Gasteiger partial charge is 0.406 e. The summed E-state index contributed by atoms with van der Waals surface area (Å²) >= 11 is 0. The molecule has 5 heteroatoms. The first-order valence-electron chi connectivity index (χ1n) is 6.76. The molecule has 0 aliphatic heterocycles. The van der Waals surface area contributed by atoms with Crippen molar-refractivity contribution in [2.24, 2.45) is 11.3 Å². The molecule has 2 unspecified atom stereocenters. The van der Waals surface area contributed by atoms with Crippen molar-refractivity contribution in [1.82, 2.24) is 5.32 Å². The first kappa shape index (κ1) is 15.2. The van der Waals surface area contributed by atoms with Gasteiger partial charge in [0.2, 0.25) is 0 Å². The van der Waals surface area contributed by atoms with Crippen LogP contribution in [-0.2, 0) is 0 Å². The van der Waals surface area contributed by atoms with E-state index in [1.807, 2.05) is 6.92 Å². The van der Waals surface area contributed by atoms with E-state index in [1.165, 1.54) is 18.6 Å². The standard InChI is InChI=1S/C15H20F3NO/c1-10(19-9-12-8-14(12,2)3)11-4-6-13(7-5-11)20-15(16,17)18/h4-7,10,12,19H,8-9H2,1-3H3. The minimum absolute atomic E-state index is 0.117. The largest absolute Gasteiger partial charge is 0.573 e. The van der Waals surface area contributed by atoms with Crippen molar-refractivity contribution in [3.05, 3.63) is 29.8 Å². The van der Waals surface area contributed by atoms with Gasteiger partial charge < -0.3 is 10.1 Å². The zero-order valence-corrected chi connectivity index (χ0v) is 11.9. The number of hydrogen-bond donors (Lipinski definition) is 1. The van der Waals surface area contributed by atoms with Gasteiger partial charge in [-0.3, -0.25) is 0 Å². The summed E-state index contributed by atoms with van der Waals surface area (Å²) in [6, 6.07) is 6.14. The maximum atomic E-state index is 12.1. The van der Waals surface area contributed by atoms with Crippen molar-refractivity contribution in [1.29, 1.82) is 0 Å². The summed E-state index contributed by atoms with van der Waals surface area (Å²) in [5.41, 5.74) is 1.38. The molecule has 0 bridgehead atoms. The summed E-state index contributed by atoms with van der Waals surface area (Å²) in [6.45, 7) is 7.44. The van der Waals surface area contributed by atoms with Gasteiger partial charge >= 0.3 is 6.36 Å². The minimum Gasteiger partial charge on any atom is -0.406 e. The van der Waals surface area contributed by atoms with Crippen LogP contribution in [-0.4, -0.2) is 12.9 Å². The van der Waals surface area contributed by atoms with Gasteiger partial charge in [-0.05, 0) is 48.9 Å². The van der Waals surface area contributed by atoms with Crippen molar-refractivity contribution < 1.29 is 17.9 Å². The second-order valence-electron chi connectivity index (χ2n) is 6.14. The van der Waals surface area contributed by atoms with Crippen LogP contribution in [0.2, 0.25) is 0 Å². The molecule has 112 valence electrons. The van der Waals surface area contributed by atoms with Gasteiger partial charge in [0.05, 0.1) is 0 Å². The van der Waals surface area contributed by atoms with Gasteiger partial charge in [-0.1, -0.05) is 26.0 Å². The Bertz CT molecular complexity index is 453. The van der Waals surface area contributed by atoms with E-state index in [1.54, 1.807) is 12.1 Å². The van der Waals surface area contributed by atoms with Crippen molar-refractivity contribution >= 4 is 0 Å². The van der Waals surface area contributed by atoms with Crippen LogP contribution >= 0.6 is 0 Å². The molecule has 0 amide bonds. The Morgan fingerprint density at radius 2 is 1.85 bits per heavy atom. The van der Waals surface area contributed by atoms with Crippen molar-refractivity contribution in [2.45, 2.75) is 39.6 Å². The highest BCUT2D eigenvalue weighted by Crippen LogP contribution is 2.51. The zero-order chi connectivity index (χ0) is 15.0. The van der Waals surface area contributed by atoms with Gasteiger partial charge in [0.15, 0.2) is 0 Å². The zero-order valence-electron chi connectivity index (χ0n) is 11.9. The quantitative estimate of drug-likeness (QED) is 0.872. The van der Waals surface area contributed by atoms with E-state index in [2.05, 4.69) is 23.9 Å². The lowest BCUT2D eigenvalue weighted by molar-refractivity contribution is -0.274. The van der Waals surface area contributed by atoms with Crippen LogP contribution < -0.4 is 10.1 Å². The molecule has 0 saturated heterocycles. The van der Waals surface area contributed by atoms with Crippen LogP contribution in [0, 0.1) is 11.3 Å². The van der Waals surface area contributed by atoms with E-state index in [4.69, 9.17) is 0 Å². The Labute approximate surface area is 117 Å². The predicted octanol–water partition coefficient (Wildman–Crippen LogP) is 4.28. The minimum atomic E-state index is -4.64. The number of benzene rings is 1. The summed E-state index contributed by atoms with van der Waals surface area (Å²) in [4.78, 5) is 0. The average molecular weight is 287 g/mol. The summed E-state index contributed by atoms with van der Waals surface area (Å²) in [5, 5.41) is 3.42. The van der Waals surface area contributed by atoms with Gasteiger partial charge in [0, 0.05) is 6.04 Å². The van der Waals surface area contributed by atoms with E-state index in [0.29, 0.717) is 11.3 Å². The monoisotopic (exact) mass is 287 g/mol. The molecule has 2 rings (SSSR count). The highest BCUT2D eigenvalue weighted by molar-refractivity contribution is 5.29. The van der Waals surface area contributed by atoms with Crippen LogP contribution in [0.5, 0.6) is 5.75 Å². The van der Waals surface area contributed by atoms with Crippen molar-refractivity contribution in [2.75, 3.05) is 6.54 Å². The third-order valence-electron chi connectivity index (χ3n) is 4.00. The molecule has 1 aromatic rings. The Hall–Kier alpha value is -1.23. The fraction of sp³-hybridized carbons (Fsp3) is 0.600. The third-order valence-corrected chi connectivity index (χ3v) is 4.00. The molecule has 1 aliphatic carbocycles. The molecular formula is C15H20F3NO. The number of rotatable bonds is 5. The highest BCUT2D eigenvalue weighted by atomic mass is 19.4. The van der Waals surface area contributed by atoms with E-state index in [9.17, 15) is 13.2 Å². The van der Waals surface area contributed by atoms with E-state index in [0.717, 1.165) is 12.1 Å². The fourth-order valence-electron chi connectivity index (χ4n) is 2.32. The maximum Gasteiger partial charge on any atom is 0.573 e. The molecule has 1 saturated carbocycles. The van der Waals surface area contributed by atoms with Crippen molar-refractivity contribution in [3.63, 3.8) is 0 Å². The molecule has 1 aromatic carbocycles. The summed E-state index contributed by atoms with van der Waals surface area (Å²) in [6.07, 6.45) is -3.41. The van der Waals surface area contributed by atoms with Gasteiger partial charge in [-0.25, -0.2) is 0 Å². The molecule has 0 spiro atoms. The van der Waals surface area contributed by atoms with Gasteiger partial charge in [-0.15, -0.1) is 13.2 Å². The van der Waals surface area contributed by atoms with Gasteiger partial charge in [0.1, 0.15) is 5.75 Å². The molecule has 0 aromatic heterocycles. The summed E-state index contributed by atoms with van der Waals surface area (Å²) < 4.78 is 40.0. The number of hydrogen-bond acceptors (Lipinski definition) is 2. The predicted molar refractivity (Wildman–Crippen MR) is 71.4 cm³/mol. The summed E-state index contributed by atoms with van der Waals surface area (Å²) in [5.74, 6) is 0.509. The topological polar surface area (TPSA) is 21.3 Å². The molecule has 2 nitrogen and oxygen atoms in total. The lowest BCUT2D eigenvalue weighted by Gasteiger charge is -2.16. The van der Waals surface area contributed by atoms with E-state index >= 15 is 0 Å². The van der Waals surface area contributed by atoms with Gasteiger partial charge in [-0.2, -0.15) is 0 Å². The Morgan fingerprint density at radius 1 is 1.30 bits per heavy atom. The second-order valence-corrected chi connectivity index (χ2v) is 6.14. The molecule has 1 aliphatic rings. The molecule has 1 N–H and O–H groups in total. The van der Waals surface area contributed by atoms with E-state index < -0.39 is 6.36 Å². The number of alkyl halides is 3. The van der Waals surface area contributed by atoms with Gasteiger partial charge in [0.25, 0.3) is 0 Å². The molecule has 1 fully saturated rings. The molecular weight excluding hydrogens is 267 g/mol. The number of ether oxygens (including phenoxy) is 1. The van der Waals surface area contributed by atoms with Crippen molar-refractivity contribution in [3.8, 4) is 5.75 Å². The number of nitrogens with one attached hydrogen (secondary N) is 1. The number of halogens is 3. The second kappa shape index (κ2) is 5.28. The molecule has 20 heavy (non-hydrogen) atoms. The van der Waals surface area contributed by atoms with Crippen LogP contribution in [0.3, 0.4) is 0 Å². The van der Waals surface area contributed by atoms with Crippen LogP contribution in [0.25, 0.3) is 0 Å². The fourth-order valence-corrected chi connectivity index (χ4v) is 2.32. The first-order chi connectivity index (χ1) is 9.17. The molecule has 0 radical (unpaired) electrons. The highest BCUT2D eigenvalue weighted by Gasteiger charge is 2.44. The maximum absolute atomic E-state index is 12.1. The first-order valence-corrected chi connectivity index (χ1v) is 6.76. The van der Waals surface area contributed by atoms with E-state index in [-0.39, 0.29) is 11.8 Å². The Morgan fingerprint density at radius 3 is 2.30 bits per heavy atom. The normalized spacial score (nSPS) is 22.4.